The molecule has 2 saturated heterocycles. The second kappa shape index (κ2) is 11.4. The highest BCUT2D eigenvalue weighted by molar-refractivity contribution is 5.79. The van der Waals surface area contributed by atoms with Gasteiger partial charge < -0.3 is 19.8 Å². The molecule has 174 valence electrons. The number of nitrogens with zero attached hydrogens (tertiary/aromatic N) is 3. The predicted octanol–water partition coefficient (Wildman–Crippen LogP) is 2.79. The minimum absolute atomic E-state index is 0.109. The second-order valence-electron chi connectivity index (χ2n) is 8.32. The van der Waals surface area contributed by atoms with Gasteiger partial charge in [-0.05, 0) is 55.8 Å². The fraction of sp³-hybridized carbons (Fsp3) is 0.542. The van der Waals surface area contributed by atoms with Crippen molar-refractivity contribution in [3.63, 3.8) is 0 Å². The molecular formula is C24H34FN5O2. The van der Waals surface area contributed by atoms with Gasteiger partial charge in [0.1, 0.15) is 11.6 Å². The van der Waals surface area contributed by atoms with Gasteiger partial charge in [0.15, 0.2) is 5.96 Å². The van der Waals surface area contributed by atoms with E-state index in [-0.39, 0.29) is 17.9 Å². The van der Waals surface area contributed by atoms with Crippen molar-refractivity contribution >= 4 is 5.96 Å². The van der Waals surface area contributed by atoms with Gasteiger partial charge in [0.05, 0.1) is 31.6 Å². The minimum atomic E-state index is -0.217. The first-order chi connectivity index (χ1) is 15.7. The molecule has 7 nitrogen and oxygen atoms in total. The fourth-order valence-corrected chi connectivity index (χ4v) is 4.58. The lowest BCUT2D eigenvalue weighted by molar-refractivity contribution is 0.0170. The standard InChI is InChI=1S/C24H34FN5O2/c1-26-24(28-18-22(23-5-4-14-32-23)29-10-2-3-11-29)27-17-21(30-12-15-31-16-13-30)19-6-8-20(25)9-7-19/h4-9,14,21-22H,2-3,10-13,15-18H2,1H3,(H2,26,27,28). The summed E-state index contributed by atoms with van der Waals surface area (Å²) < 4.78 is 24.7. The Balaban J connectivity index is 1.39. The summed E-state index contributed by atoms with van der Waals surface area (Å²) in [6.07, 6.45) is 4.19. The molecule has 2 aliphatic rings. The number of halogens is 1. The van der Waals surface area contributed by atoms with E-state index in [9.17, 15) is 4.39 Å². The van der Waals surface area contributed by atoms with Crippen LogP contribution in [0.15, 0.2) is 52.1 Å². The first kappa shape index (κ1) is 22.8. The first-order valence-electron chi connectivity index (χ1n) is 11.5. The van der Waals surface area contributed by atoms with E-state index in [2.05, 4.69) is 25.4 Å². The lowest BCUT2D eigenvalue weighted by atomic mass is 10.0. The number of aliphatic imine (C=N–C) groups is 1. The Hall–Kier alpha value is -2.42. The van der Waals surface area contributed by atoms with Crippen LogP contribution in [0.3, 0.4) is 0 Å². The lowest BCUT2D eigenvalue weighted by Crippen LogP contribution is -2.47. The highest BCUT2D eigenvalue weighted by Crippen LogP contribution is 2.25. The topological polar surface area (TPSA) is 65.3 Å². The molecule has 3 heterocycles. The Bertz CT molecular complexity index is 831. The molecular weight excluding hydrogens is 409 g/mol. The molecule has 0 saturated carbocycles. The number of morpholine rings is 1. The maximum Gasteiger partial charge on any atom is 0.191 e. The average molecular weight is 444 g/mol. The van der Waals surface area contributed by atoms with E-state index in [1.807, 2.05) is 24.3 Å². The van der Waals surface area contributed by atoms with Crippen LogP contribution in [-0.2, 0) is 4.74 Å². The van der Waals surface area contributed by atoms with Crippen LogP contribution in [0, 0.1) is 5.82 Å². The molecule has 32 heavy (non-hydrogen) atoms. The van der Waals surface area contributed by atoms with Crippen molar-refractivity contribution in [2.75, 3.05) is 59.5 Å². The van der Waals surface area contributed by atoms with Gasteiger partial charge in [0, 0.05) is 33.2 Å². The zero-order chi connectivity index (χ0) is 22.2. The average Bonchev–Trinajstić information content (AvgIpc) is 3.55. The number of furan rings is 1. The number of hydrogen-bond acceptors (Lipinski definition) is 5. The van der Waals surface area contributed by atoms with Crippen molar-refractivity contribution in [1.82, 2.24) is 20.4 Å². The van der Waals surface area contributed by atoms with Gasteiger partial charge in [-0.3, -0.25) is 14.8 Å². The van der Waals surface area contributed by atoms with Gasteiger partial charge in [-0.1, -0.05) is 12.1 Å². The highest BCUT2D eigenvalue weighted by Gasteiger charge is 2.26. The van der Waals surface area contributed by atoms with E-state index < -0.39 is 0 Å². The maximum atomic E-state index is 13.5. The third-order valence-electron chi connectivity index (χ3n) is 6.34. The summed E-state index contributed by atoms with van der Waals surface area (Å²) in [6.45, 7) is 6.69. The fourth-order valence-electron chi connectivity index (χ4n) is 4.58. The maximum absolute atomic E-state index is 13.5. The number of likely N-dealkylation sites (tertiary alicyclic amines) is 1. The van der Waals surface area contributed by atoms with Crippen LogP contribution in [0.4, 0.5) is 4.39 Å². The number of nitrogens with one attached hydrogen (secondary N) is 2. The summed E-state index contributed by atoms with van der Waals surface area (Å²) in [4.78, 5) is 9.28. The molecule has 4 rings (SSSR count). The summed E-state index contributed by atoms with van der Waals surface area (Å²) in [5.41, 5.74) is 1.08. The summed E-state index contributed by atoms with van der Waals surface area (Å²) >= 11 is 0. The van der Waals surface area contributed by atoms with Crippen LogP contribution in [0.5, 0.6) is 0 Å². The number of benzene rings is 1. The Labute approximate surface area is 189 Å². The van der Waals surface area contributed by atoms with E-state index >= 15 is 0 Å². The zero-order valence-electron chi connectivity index (χ0n) is 18.8. The van der Waals surface area contributed by atoms with Gasteiger partial charge in [-0.25, -0.2) is 4.39 Å². The first-order valence-corrected chi connectivity index (χ1v) is 11.5. The zero-order valence-corrected chi connectivity index (χ0v) is 18.8. The molecule has 0 amide bonds. The molecule has 0 radical (unpaired) electrons. The molecule has 2 aliphatic heterocycles. The minimum Gasteiger partial charge on any atom is -0.468 e. The van der Waals surface area contributed by atoms with Gasteiger partial charge in [0.2, 0.25) is 0 Å². The summed E-state index contributed by atoms with van der Waals surface area (Å²) in [6, 6.07) is 11.1. The molecule has 2 unspecified atom stereocenters. The molecule has 0 spiro atoms. The van der Waals surface area contributed by atoms with E-state index in [1.54, 1.807) is 13.3 Å². The molecule has 2 N–H and O–H groups in total. The Morgan fingerprint density at radius 1 is 0.969 bits per heavy atom. The van der Waals surface area contributed by atoms with Gasteiger partial charge >= 0.3 is 0 Å². The molecule has 1 aromatic heterocycles. The van der Waals surface area contributed by atoms with E-state index in [4.69, 9.17) is 9.15 Å². The Kier molecular flexibility index (Phi) is 8.14. The van der Waals surface area contributed by atoms with Gasteiger partial charge in [-0.2, -0.15) is 0 Å². The van der Waals surface area contributed by atoms with E-state index in [0.717, 1.165) is 43.5 Å². The third-order valence-corrected chi connectivity index (χ3v) is 6.34. The molecule has 8 heteroatoms. The third kappa shape index (κ3) is 5.88. The Morgan fingerprint density at radius 3 is 2.25 bits per heavy atom. The molecule has 2 atom stereocenters. The van der Waals surface area contributed by atoms with Gasteiger partial charge in [-0.15, -0.1) is 0 Å². The highest BCUT2D eigenvalue weighted by atomic mass is 19.1. The van der Waals surface area contributed by atoms with E-state index in [1.165, 1.54) is 25.0 Å². The monoisotopic (exact) mass is 443 g/mol. The van der Waals surface area contributed by atoms with Crippen LogP contribution in [0.2, 0.25) is 0 Å². The normalized spacial score (nSPS) is 20.2. The Morgan fingerprint density at radius 2 is 1.62 bits per heavy atom. The number of rotatable bonds is 8. The SMILES string of the molecule is CN=C(NCC(c1ccc(F)cc1)N1CCOCC1)NCC(c1ccco1)N1CCCC1. The largest absolute Gasteiger partial charge is 0.468 e. The number of guanidine groups is 1. The van der Waals surface area contributed by atoms with Crippen LogP contribution < -0.4 is 10.6 Å². The van der Waals surface area contributed by atoms with Crippen molar-refractivity contribution < 1.29 is 13.5 Å². The molecule has 1 aromatic carbocycles. The van der Waals surface area contributed by atoms with Crippen molar-refractivity contribution in [3.8, 4) is 0 Å². The van der Waals surface area contributed by atoms with E-state index in [0.29, 0.717) is 26.3 Å². The quantitative estimate of drug-likeness (QED) is 0.483. The molecule has 2 fully saturated rings. The summed E-state index contributed by atoms with van der Waals surface area (Å²) in [5.74, 6) is 1.51. The summed E-state index contributed by atoms with van der Waals surface area (Å²) in [5, 5.41) is 6.97. The molecule has 0 bridgehead atoms. The smallest absolute Gasteiger partial charge is 0.191 e. The van der Waals surface area contributed by atoms with Crippen molar-refractivity contribution in [3.05, 3.63) is 59.8 Å². The number of hydrogen-bond donors (Lipinski definition) is 2. The lowest BCUT2D eigenvalue weighted by Gasteiger charge is -2.35. The summed E-state index contributed by atoms with van der Waals surface area (Å²) in [7, 11) is 1.79. The van der Waals surface area contributed by atoms with Crippen molar-refractivity contribution in [2.45, 2.75) is 24.9 Å². The van der Waals surface area contributed by atoms with Gasteiger partial charge in [0.25, 0.3) is 0 Å². The molecule has 0 aliphatic carbocycles. The second-order valence-corrected chi connectivity index (χ2v) is 8.32. The van der Waals surface area contributed by atoms with Crippen molar-refractivity contribution in [2.24, 2.45) is 4.99 Å². The predicted molar refractivity (Wildman–Crippen MR) is 123 cm³/mol. The van der Waals surface area contributed by atoms with Crippen LogP contribution in [0.1, 0.15) is 36.2 Å². The van der Waals surface area contributed by atoms with Crippen molar-refractivity contribution in [1.29, 1.82) is 0 Å². The molecule has 2 aromatic rings. The van der Waals surface area contributed by atoms with Crippen LogP contribution in [-0.4, -0.2) is 75.3 Å². The van der Waals surface area contributed by atoms with Crippen LogP contribution >= 0.6 is 0 Å². The van der Waals surface area contributed by atoms with Crippen LogP contribution in [0.25, 0.3) is 0 Å². The number of ether oxygens (including phenoxy) is 1.